The van der Waals surface area contributed by atoms with Crippen molar-refractivity contribution in [1.29, 1.82) is 0 Å². The number of amides is 1. The highest BCUT2D eigenvalue weighted by Crippen LogP contribution is 2.23. The first-order valence-corrected chi connectivity index (χ1v) is 6.95. The topological polar surface area (TPSA) is 20.3 Å². The van der Waals surface area contributed by atoms with Gasteiger partial charge in [-0.25, -0.2) is 4.39 Å². The molecule has 0 unspecified atom stereocenters. The van der Waals surface area contributed by atoms with Crippen molar-refractivity contribution in [3.05, 3.63) is 41.7 Å². The maximum absolute atomic E-state index is 12.8. The second kappa shape index (κ2) is 6.50. The predicted molar refractivity (Wildman–Crippen MR) is 75.1 cm³/mol. The van der Waals surface area contributed by atoms with Gasteiger partial charge >= 0.3 is 0 Å². The van der Waals surface area contributed by atoms with Crippen LogP contribution in [0.1, 0.15) is 38.2 Å². The molecular formula is C16H20FNO. The average molecular weight is 261 g/mol. The van der Waals surface area contributed by atoms with Gasteiger partial charge in [0.05, 0.1) is 0 Å². The molecule has 0 atom stereocenters. The third kappa shape index (κ3) is 3.66. The van der Waals surface area contributed by atoms with Crippen LogP contribution in [0.2, 0.25) is 0 Å². The molecule has 1 aliphatic carbocycles. The van der Waals surface area contributed by atoms with E-state index >= 15 is 0 Å². The lowest BCUT2D eigenvalue weighted by Gasteiger charge is -2.26. The Morgan fingerprint density at radius 1 is 1.32 bits per heavy atom. The second-order valence-corrected chi connectivity index (χ2v) is 4.95. The minimum Gasteiger partial charge on any atom is -0.336 e. The lowest BCUT2D eigenvalue weighted by atomic mass is 10.2. The van der Waals surface area contributed by atoms with Crippen LogP contribution in [0, 0.1) is 5.82 Å². The number of hydrogen-bond acceptors (Lipinski definition) is 1. The molecule has 0 bridgehead atoms. The third-order valence-corrected chi connectivity index (χ3v) is 3.68. The van der Waals surface area contributed by atoms with Gasteiger partial charge in [-0.3, -0.25) is 4.79 Å². The zero-order valence-electron chi connectivity index (χ0n) is 11.3. The lowest BCUT2D eigenvalue weighted by Crippen LogP contribution is -2.37. The molecule has 19 heavy (non-hydrogen) atoms. The third-order valence-electron chi connectivity index (χ3n) is 3.68. The number of halogens is 1. The zero-order chi connectivity index (χ0) is 13.7. The fourth-order valence-corrected chi connectivity index (χ4v) is 2.65. The Kier molecular flexibility index (Phi) is 4.72. The van der Waals surface area contributed by atoms with Gasteiger partial charge in [0.2, 0.25) is 5.91 Å². The van der Waals surface area contributed by atoms with Crippen molar-refractivity contribution in [2.45, 2.75) is 38.6 Å². The van der Waals surface area contributed by atoms with E-state index in [2.05, 4.69) is 0 Å². The van der Waals surface area contributed by atoms with E-state index in [4.69, 9.17) is 0 Å². The lowest BCUT2D eigenvalue weighted by molar-refractivity contribution is -0.127. The highest BCUT2D eigenvalue weighted by atomic mass is 19.1. The zero-order valence-corrected chi connectivity index (χ0v) is 11.3. The number of nitrogens with zero attached hydrogens (tertiary/aromatic N) is 1. The molecule has 1 amide bonds. The fraction of sp³-hybridized carbons (Fsp3) is 0.438. The van der Waals surface area contributed by atoms with Gasteiger partial charge in [-0.1, -0.05) is 25.0 Å². The molecule has 1 aromatic rings. The Morgan fingerprint density at radius 3 is 2.53 bits per heavy atom. The van der Waals surface area contributed by atoms with Crippen LogP contribution in [-0.2, 0) is 4.79 Å². The summed E-state index contributed by atoms with van der Waals surface area (Å²) < 4.78 is 12.8. The molecule has 0 aromatic heterocycles. The number of likely N-dealkylation sites (N-methyl/N-ethyl adjacent to an activating group) is 1. The molecule has 0 spiro atoms. The molecule has 3 heteroatoms. The monoisotopic (exact) mass is 261 g/mol. The Hall–Kier alpha value is -1.64. The van der Waals surface area contributed by atoms with Gasteiger partial charge in [-0.05, 0) is 43.5 Å². The Morgan fingerprint density at radius 2 is 1.95 bits per heavy atom. The van der Waals surface area contributed by atoms with E-state index in [1.807, 2.05) is 11.8 Å². The molecule has 0 heterocycles. The molecule has 102 valence electrons. The minimum atomic E-state index is -0.260. The Balaban J connectivity index is 2.00. The van der Waals surface area contributed by atoms with Crippen LogP contribution in [0.3, 0.4) is 0 Å². The smallest absolute Gasteiger partial charge is 0.246 e. The standard InChI is InChI=1S/C16H20FNO/c1-2-18(15-5-3-4-6-15)16(19)12-9-13-7-10-14(17)11-8-13/h7-12,15H,2-6H2,1H3/b12-9+. The molecule has 0 saturated heterocycles. The number of carbonyl (C=O) groups excluding carboxylic acids is 1. The van der Waals surface area contributed by atoms with Crippen LogP contribution in [0.25, 0.3) is 6.08 Å². The maximum Gasteiger partial charge on any atom is 0.246 e. The van der Waals surface area contributed by atoms with Crippen molar-refractivity contribution in [3.8, 4) is 0 Å². The SMILES string of the molecule is CCN(C(=O)/C=C/c1ccc(F)cc1)C1CCCC1. The van der Waals surface area contributed by atoms with Crippen LogP contribution >= 0.6 is 0 Å². The molecule has 1 aromatic carbocycles. The molecule has 1 aliphatic rings. The summed E-state index contributed by atoms with van der Waals surface area (Å²) in [6.07, 6.45) is 8.01. The van der Waals surface area contributed by atoms with Crippen molar-refractivity contribution in [2.75, 3.05) is 6.54 Å². The minimum absolute atomic E-state index is 0.0544. The van der Waals surface area contributed by atoms with Crippen molar-refractivity contribution >= 4 is 12.0 Å². The first-order valence-electron chi connectivity index (χ1n) is 6.95. The van der Waals surface area contributed by atoms with Crippen LogP contribution in [0.5, 0.6) is 0 Å². The summed E-state index contributed by atoms with van der Waals surface area (Å²) in [4.78, 5) is 14.1. The highest BCUT2D eigenvalue weighted by Gasteiger charge is 2.23. The number of carbonyl (C=O) groups is 1. The van der Waals surface area contributed by atoms with Crippen LogP contribution in [0.4, 0.5) is 4.39 Å². The van der Waals surface area contributed by atoms with E-state index in [9.17, 15) is 9.18 Å². The molecule has 2 rings (SSSR count). The summed E-state index contributed by atoms with van der Waals surface area (Å²) >= 11 is 0. The number of hydrogen-bond donors (Lipinski definition) is 0. The van der Waals surface area contributed by atoms with Crippen molar-refractivity contribution in [2.24, 2.45) is 0 Å². The summed E-state index contributed by atoms with van der Waals surface area (Å²) in [6.45, 7) is 2.76. The summed E-state index contributed by atoms with van der Waals surface area (Å²) in [5.74, 6) is -0.205. The number of benzene rings is 1. The summed E-state index contributed by atoms with van der Waals surface area (Å²) in [5.41, 5.74) is 0.845. The molecule has 1 fully saturated rings. The van der Waals surface area contributed by atoms with Crippen molar-refractivity contribution in [3.63, 3.8) is 0 Å². The van der Waals surface area contributed by atoms with Gasteiger partial charge in [-0.15, -0.1) is 0 Å². The van der Waals surface area contributed by atoms with Crippen molar-refractivity contribution < 1.29 is 9.18 Å². The molecule has 2 nitrogen and oxygen atoms in total. The van der Waals surface area contributed by atoms with E-state index in [-0.39, 0.29) is 11.7 Å². The normalized spacial score (nSPS) is 16.1. The Labute approximate surface area is 113 Å². The highest BCUT2D eigenvalue weighted by molar-refractivity contribution is 5.92. The second-order valence-electron chi connectivity index (χ2n) is 4.95. The molecule has 1 saturated carbocycles. The first-order chi connectivity index (χ1) is 9.20. The van der Waals surface area contributed by atoms with Gasteiger partial charge in [0.25, 0.3) is 0 Å². The largest absolute Gasteiger partial charge is 0.336 e. The van der Waals surface area contributed by atoms with Gasteiger partial charge in [0.1, 0.15) is 5.82 Å². The van der Waals surface area contributed by atoms with E-state index < -0.39 is 0 Å². The summed E-state index contributed by atoms with van der Waals surface area (Å²) in [6, 6.07) is 6.54. The quantitative estimate of drug-likeness (QED) is 0.758. The van der Waals surface area contributed by atoms with Crippen LogP contribution in [-0.4, -0.2) is 23.4 Å². The van der Waals surface area contributed by atoms with Gasteiger partial charge in [0.15, 0.2) is 0 Å². The summed E-state index contributed by atoms with van der Waals surface area (Å²) in [7, 11) is 0. The van der Waals surface area contributed by atoms with Crippen LogP contribution in [0.15, 0.2) is 30.3 Å². The molecular weight excluding hydrogens is 241 g/mol. The van der Waals surface area contributed by atoms with Gasteiger partial charge in [-0.2, -0.15) is 0 Å². The van der Waals surface area contributed by atoms with Crippen LogP contribution < -0.4 is 0 Å². The summed E-state index contributed by atoms with van der Waals surface area (Å²) in [5, 5.41) is 0. The van der Waals surface area contributed by atoms with Gasteiger partial charge in [0, 0.05) is 18.7 Å². The predicted octanol–water partition coefficient (Wildman–Crippen LogP) is 3.63. The van der Waals surface area contributed by atoms with Crippen molar-refractivity contribution in [1.82, 2.24) is 4.90 Å². The average Bonchev–Trinajstić information content (AvgIpc) is 2.93. The molecule has 0 aliphatic heterocycles. The first kappa shape index (κ1) is 13.8. The number of rotatable bonds is 4. The molecule has 0 N–H and O–H groups in total. The van der Waals surface area contributed by atoms with E-state index in [0.29, 0.717) is 6.04 Å². The van der Waals surface area contributed by atoms with Gasteiger partial charge < -0.3 is 4.90 Å². The van der Waals surface area contributed by atoms with E-state index in [1.54, 1.807) is 24.3 Å². The Bertz CT molecular complexity index is 446. The van der Waals surface area contributed by atoms with E-state index in [0.717, 1.165) is 24.9 Å². The fourth-order valence-electron chi connectivity index (χ4n) is 2.65. The maximum atomic E-state index is 12.8. The van der Waals surface area contributed by atoms with E-state index in [1.165, 1.54) is 25.0 Å². The molecule has 0 radical (unpaired) electrons.